The maximum absolute atomic E-state index is 12.5. The van der Waals surface area contributed by atoms with Gasteiger partial charge in [0.05, 0.1) is 11.7 Å². The van der Waals surface area contributed by atoms with Gasteiger partial charge in [0.2, 0.25) is 0 Å². The molecule has 6 heteroatoms. The summed E-state index contributed by atoms with van der Waals surface area (Å²) in [5.41, 5.74) is 4.11. The van der Waals surface area contributed by atoms with Crippen LogP contribution >= 0.6 is 0 Å². The first kappa shape index (κ1) is 18.8. The summed E-state index contributed by atoms with van der Waals surface area (Å²) in [6, 6.07) is 16.3. The van der Waals surface area contributed by atoms with Gasteiger partial charge in [-0.25, -0.2) is 14.0 Å². The molecular formula is C21H27N5O. The van der Waals surface area contributed by atoms with Gasteiger partial charge in [0.1, 0.15) is 6.33 Å². The van der Waals surface area contributed by atoms with Crippen LogP contribution in [0.3, 0.4) is 0 Å². The number of anilines is 2. The fourth-order valence-corrected chi connectivity index (χ4v) is 2.79. The van der Waals surface area contributed by atoms with Gasteiger partial charge in [-0.1, -0.05) is 24.6 Å². The molecule has 0 aliphatic carbocycles. The average molecular weight is 365 g/mol. The highest BCUT2D eigenvalue weighted by atomic mass is 16.2. The van der Waals surface area contributed by atoms with Crippen LogP contribution in [0.1, 0.15) is 31.9 Å². The van der Waals surface area contributed by atoms with Crippen molar-refractivity contribution in [3.8, 4) is 5.69 Å². The van der Waals surface area contributed by atoms with E-state index in [1.54, 1.807) is 10.9 Å². The number of aryl methyl sites for hydroxylation is 1. The van der Waals surface area contributed by atoms with E-state index >= 15 is 0 Å². The van der Waals surface area contributed by atoms with Gasteiger partial charge in [-0.15, -0.1) is 0 Å². The number of hydrogen-bond acceptors (Lipinski definition) is 4. The van der Waals surface area contributed by atoms with Crippen molar-refractivity contribution in [3.63, 3.8) is 0 Å². The molecule has 0 fully saturated rings. The van der Waals surface area contributed by atoms with Crippen molar-refractivity contribution in [1.82, 2.24) is 14.3 Å². The number of nitrogens with zero attached hydrogens (tertiary/aromatic N) is 3. The molecule has 6 nitrogen and oxygen atoms in total. The predicted octanol–water partition coefficient (Wildman–Crippen LogP) is 3.84. The predicted molar refractivity (Wildman–Crippen MR) is 111 cm³/mol. The van der Waals surface area contributed by atoms with E-state index in [4.69, 9.17) is 0 Å². The molecular weight excluding hydrogens is 338 g/mol. The molecule has 1 unspecified atom stereocenters. The fraction of sp³-hybridized carbons (Fsp3) is 0.333. The van der Waals surface area contributed by atoms with Crippen molar-refractivity contribution in [2.75, 3.05) is 23.7 Å². The smallest absolute Gasteiger partial charge is 0.350 e. The molecule has 0 radical (unpaired) electrons. The minimum Gasteiger partial charge on any atom is -0.383 e. The third-order valence-corrected chi connectivity index (χ3v) is 4.68. The lowest BCUT2D eigenvalue weighted by molar-refractivity contribution is 0.460. The average Bonchev–Trinajstić information content (AvgIpc) is 3.08. The van der Waals surface area contributed by atoms with Gasteiger partial charge in [0, 0.05) is 24.5 Å². The van der Waals surface area contributed by atoms with Gasteiger partial charge in [-0.05, 0) is 56.7 Å². The Balaban J connectivity index is 1.55. The molecule has 0 spiro atoms. The Labute approximate surface area is 159 Å². The van der Waals surface area contributed by atoms with Crippen molar-refractivity contribution in [2.45, 2.75) is 33.2 Å². The molecule has 3 rings (SSSR count). The van der Waals surface area contributed by atoms with Crippen molar-refractivity contribution >= 4 is 11.4 Å². The van der Waals surface area contributed by atoms with Crippen LogP contribution < -0.4 is 16.3 Å². The van der Waals surface area contributed by atoms with Crippen LogP contribution in [0.5, 0.6) is 0 Å². The Hall–Kier alpha value is -3.02. The Morgan fingerprint density at radius 3 is 2.07 bits per heavy atom. The summed E-state index contributed by atoms with van der Waals surface area (Å²) in [4.78, 5) is 12.5. The van der Waals surface area contributed by atoms with E-state index in [-0.39, 0.29) is 11.7 Å². The second-order valence-electron chi connectivity index (χ2n) is 6.75. The van der Waals surface area contributed by atoms with Crippen LogP contribution in [0.4, 0.5) is 11.4 Å². The molecule has 0 bridgehead atoms. The summed E-state index contributed by atoms with van der Waals surface area (Å²) in [5, 5.41) is 11.0. The number of hydrogen-bond donors (Lipinski definition) is 2. The Morgan fingerprint density at radius 1 is 0.963 bits per heavy atom. The van der Waals surface area contributed by atoms with E-state index in [0.717, 1.165) is 36.6 Å². The molecule has 2 N–H and O–H groups in total. The van der Waals surface area contributed by atoms with Crippen molar-refractivity contribution in [3.05, 3.63) is 70.9 Å². The molecule has 1 aromatic heterocycles. The summed E-state index contributed by atoms with van der Waals surface area (Å²) in [6.45, 7) is 7.75. The van der Waals surface area contributed by atoms with E-state index in [9.17, 15) is 4.79 Å². The highest BCUT2D eigenvalue weighted by molar-refractivity contribution is 5.49. The van der Waals surface area contributed by atoms with E-state index in [1.807, 2.05) is 38.1 Å². The molecule has 142 valence electrons. The van der Waals surface area contributed by atoms with E-state index < -0.39 is 0 Å². The first-order valence-corrected chi connectivity index (χ1v) is 9.39. The zero-order valence-corrected chi connectivity index (χ0v) is 16.1. The van der Waals surface area contributed by atoms with Gasteiger partial charge in [0.15, 0.2) is 0 Å². The third kappa shape index (κ3) is 4.58. The normalized spacial score (nSPS) is 12.0. The van der Waals surface area contributed by atoms with Crippen LogP contribution in [0.25, 0.3) is 5.69 Å². The van der Waals surface area contributed by atoms with Crippen LogP contribution in [0, 0.1) is 6.92 Å². The molecule has 0 saturated carbocycles. The molecule has 1 heterocycles. The lowest BCUT2D eigenvalue weighted by atomic mass is 10.2. The maximum Gasteiger partial charge on any atom is 0.350 e. The molecule has 0 aliphatic rings. The quantitative estimate of drug-likeness (QED) is 0.596. The van der Waals surface area contributed by atoms with Gasteiger partial charge in [-0.3, -0.25) is 0 Å². The van der Waals surface area contributed by atoms with Gasteiger partial charge in [0.25, 0.3) is 0 Å². The number of benzene rings is 2. The highest BCUT2D eigenvalue weighted by Crippen LogP contribution is 2.13. The first-order valence-electron chi connectivity index (χ1n) is 9.39. The van der Waals surface area contributed by atoms with Crippen LogP contribution in [-0.4, -0.2) is 27.4 Å². The third-order valence-electron chi connectivity index (χ3n) is 4.68. The second kappa shape index (κ2) is 8.58. The minimum absolute atomic E-state index is 0.0979. The SMILES string of the molecule is CCC(C)n1ncn(-c2ccc(NCCNc3ccc(C)cc3)cc2)c1=O. The molecule has 1 atom stereocenters. The zero-order chi connectivity index (χ0) is 19.2. The Bertz CT molecular complexity index is 909. The van der Waals surface area contributed by atoms with Crippen molar-refractivity contribution < 1.29 is 0 Å². The largest absolute Gasteiger partial charge is 0.383 e. The monoisotopic (exact) mass is 365 g/mol. The summed E-state index contributed by atoms with van der Waals surface area (Å²) in [5.74, 6) is 0. The second-order valence-corrected chi connectivity index (χ2v) is 6.75. The zero-order valence-electron chi connectivity index (χ0n) is 16.1. The van der Waals surface area contributed by atoms with E-state index in [0.29, 0.717) is 0 Å². The summed E-state index contributed by atoms with van der Waals surface area (Å²) >= 11 is 0. The Kier molecular flexibility index (Phi) is 5.96. The molecule has 2 aromatic carbocycles. The van der Waals surface area contributed by atoms with Crippen molar-refractivity contribution in [2.24, 2.45) is 0 Å². The van der Waals surface area contributed by atoms with E-state index in [2.05, 4.69) is 46.9 Å². The van der Waals surface area contributed by atoms with Crippen LogP contribution in [-0.2, 0) is 0 Å². The molecule has 27 heavy (non-hydrogen) atoms. The molecule has 0 amide bonds. The molecule has 0 saturated heterocycles. The minimum atomic E-state index is -0.104. The van der Waals surface area contributed by atoms with E-state index in [1.165, 1.54) is 10.2 Å². The summed E-state index contributed by atoms with van der Waals surface area (Å²) in [6.07, 6.45) is 2.46. The van der Waals surface area contributed by atoms with Crippen molar-refractivity contribution in [1.29, 1.82) is 0 Å². The summed E-state index contributed by atoms with van der Waals surface area (Å²) < 4.78 is 3.11. The lowest BCUT2D eigenvalue weighted by Gasteiger charge is -2.10. The number of nitrogens with one attached hydrogen (secondary N) is 2. The topological polar surface area (TPSA) is 63.9 Å². The van der Waals surface area contributed by atoms with Gasteiger partial charge in [-0.2, -0.15) is 5.10 Å². The van der Waals surface area contributed by atoms with Gasteiger partial charge < -0.3 is 10.6 Å². The lowest BCUT2D eigenvalue weighted by Crippen LogP contribution is -2.26. The maximum atomic E-state index is 12.5. The van der Waals surface area contributed by atoms with Crippen LogP contribution in [0.15, 0.2) is 59.7 Å². The van der Waals surface area contributed by atoms with Gasteiger partial charge >= 0.3 is 5.69 Å². The van der Waals surface area contributed by atoms with Crippen LogP contribution in [0.2, 0.25) is 0 Å². The standard InChI is InChI=1S/C21H27N5O/c1-4-17(3)26-21(27)25(15-24-26)20-11-9-19(10-12-20)23-14-13-22-18-7-5-16(2)6-8-18/h5-12,15,17,22-23H,4,13-14H2,1-3H3. The highest BCUT2D eigenvalue weighted by Gasteiger charge is 2.11. The summed E-state index contributed by atoms with van der Waals surface area (Å²) in [7, 11) is 0. The Morgan fingerprint density at radius 2 is 1.52 bits per heavy atom. The molecule has 3 aromatic rings. The number of rotatable bonds is 8. The number of aromatic nitrogens is 3. The molecule has 0 aliphatic heterocycles. The first-order chi connectivity index (χ1) is 13.1. The fourth-order valence-electron chi connectivity index (χ4n) is 2.79.